The van der Waals surface area contributed by atoms with Gasteiger partial charge in [0.05, 0.1) is 22.8 Å². The van der Waals surface area contributed by atoms with E-state index in [0.717, 1.165) is 55.6 Å². The summed E-state index contributed by atoms with van der Waals surface area (Å²) in [7, 11) is 0. The van der Waals surface area contributed by atoms with Crippen LogP contribution in [0.5, 0.6) is 0 Å². The Labute approximate surface area is 356 Å². The van der Waals surface area contributed by atoms with E-state index in [2.05, 4.69) is 208 Å². The second-order valence-corrected chi connectivity index (χ2v) is 15.6. The fourth-order valence-corrected chi connectivity index (χ4v) is 9.54. The number of para-hydroxylation sites is 6. The summed E-state index contributed by atoms with van der Waals surface area (Å²) >= 11 is 0. The monoisotopic (exact) mass is 776 g/mol. The van der Waals surface area contributed by atoms with Gasteiger partial charge in [-0.15, -0.1) is 6.42 Å². The van der Waals surface area contributed by atoms with Crippen LogP contribution in [0.15, 0.2) is 206 Å². The molecule has 9 aromatic rings. The number of aromatic nitrogens is 1. The first-order chi connectivity index (χ1) is 30.1. The minimum absolute atomic E-state index is 0.0492. The molecule has 2 aliphatic rings. The SMILES string of the molecule is C#C/C(=C\C=C(/C)C#N)c1ccccc1-n1c2ccccc2c2cc(-c3cc4c5c(c3)N(c3ccccc3)c3ccccc3B5c3ccccc3N4c3ccccc3)ccc21. The molecule has 0 saturated heterocycles. The van der Waals surface area contributed by atoms with Crippen molar-refractivity contribution in [2.75, 3.05) is 9.80 Å². The third-order valence-electron chi connectivity index (χ3n) is 12.2. The highest BCUT2D eigenvalue weighted by Gasteiger charge is 2.43. The number of nitriles is 1. The van der Waals surface area contributed by atoms with Crippen molar-refractivity contribution < 1.29 is 0 Å². The highest BCUT2D eigenvalue weighted by Crippen LogP contribution is 2.46. The molecule has 1 aromatic heterocycles. The summed E-state index contributed by atoms with van der Waals surface area (Å²) in [6, 6.07) is 70.0. The van der Waals surface area contributed by atoms with Crippen LogP contribution in [0.2, 0.25) is 0 Å². The number of fused-ring (bicyclic) bond motifs is 7. The summed E-state index contributed by atoms with van der Waals surface area (Å²) in [5.74, 6) is 2.90. The van der Waals surface area contributed by atoms with Gasteiger partial charge in [-0.25, -0.2) is 0 Å². The lowest BCUT2D eigenvalue weighted by Crippen LogP contribution is -2.61. The maximum atomic E-state index is 9.44. The van der Waals surface area contributed by atoms with Crippen LogP contribution >= 0.6 is 0 Å². The number of hydrogen-bond acceptors (Lipinski definition) is 3. The molecule has 284 valence electrons. The predicted molar refractivity (Wildman–Crippen MR) is 256 cm³/mol. The van der Waals surface area contributed by atoms with Gasteiger partial charge >= 0.3 is 0 Å². The van der Waals surface area contributed by atoms with Crippen LogP contribution in [0.4, 0.5) is 34.1 Å². The molecule has 0 bridgehead atoms. The second kappa shape index (κ2) is 14.5. The molecule has 0 N–H and O–H groups in total. The normalized spacial score (nSPS) is 13.1. The van der Waals surface area contributed by atoms with Crippen LogP contribution in [0.3, 0.4) is 0 Å². The molecule has 11 rings (SSSR count). The largest absolute Gasteiger partial charge is 0.311 e. The summed E-state index contributed by atoms with van der Waals surface area (Å²) in [6.07, 6.45) is 9.80. The predicted octanol–water partition coefficient (Wildman–Crippen LogP) is 12.0. The first-order valence-corrected chi connectivity index (χ1v) is 20.6. The average molecular weight is 777 g/mol. The molecular formula is C56H37BN4. The smallest absolute Gasteiger partial charge is 0.252 e. The van der Waals surface area contributed by atoms with Crippen molar-refractivity contribution in [2.24, 2.45) is 0 Å². The van der Waals surface area contributed by atoms with E-state index in [1.54, 1.807) is 13.0 Å². The zero-order valence-electron chi connectivity index (χ0n) is 33.5. The number of anilines is 6. The van der Waals surface area contributed by atoms with E-state index in [4.69, 9.17) is 6.42 Å². The van der Waals surface area contributed by atoms with E-state index in [-0.39, 0.29) is 6.71 Å². The lowest BCUT2D eigenvalue weighted by atomic mass is 9.33. The molecule has 5 heteroatoms. The molecule has 0 radical (unpaired) electrons. The molecule has 0 spiro atoms. The van der Waals surface area contributed by atoms with Crippen LogP contribution in [-0.4, -0.2) is 11.3 Å². The first kappa shape index (κ1) is 35.9. The molecule has 0 aliphatic carbocycles. The quantitative estimate of drug-likeness (QED) is 0.0730. The van der Waals surface area contributed by atoms with Crippen molar-refractivity contribution in [3.8, 4) is 35.2 Å². The highest BCUT2D eigenvalue weighted by molar-refractivity contribution is 7.00. The molecule has 61 heavy (non-hydrogen) atoms. The van der Waals surface area contributed by atoms with Crippen molar-refractivity contribution in [1.29, 1.82) is 5.26 Å². The highest BCUT2D eigenvalue weighted by atomic mass is 15.2. The Bertz CT molecular complexity index is 3250. The minimum Gasteiger partial charge on any atom is -0.311 e. The van der Waals surface area contributed by atoms with Gasteiger partial charge in [0, 0.05) is 61.6 Å². The van der Waals surface area contributed by atoms with E-state index in [0.29, 0.717) is 11.1 Å². The van der Waals surface area contributed by atoms with Crippen LogP contribution < -0.4 is 26.2 Å². The second-order valence-electron chi connectivity index (χ2n) is 15.6. The van der Waals surface area contributed by atoms with Crippen molar-refractivity contribution in [3.63, 3.8) is 0 Å². The molecule has 2 aliphatic heterocycles. The van der Waals surface area contributed by atoms with Crippen LogP contribution in [0.1, 0.15) is 12.5 Å². The van der Waals surface area contributed by atoms with Crippen molar-refractivity contribution in [1.82, 2.24) is 4.57 Å². The Morgan fingerprint density at radius 3 is 1.69 bits per heavy atom. The Morgan fingerprint density at radius 2 is 1.07 bits per heavy atom. The standard InChI is InChI=1S/C56H37BN4/c1-3-39(31-30-38(2)37-58)44-22-10-14-26-49(44)61-50-27-15-11-23-45(50)46-34-40(32-33-51(46)61)41-35-54-56-55(36-41)60(43-20-8-5-9-21-43)53-29-17-13-25-48(53)57(56)47-24-12-16-28-52(47)59(54)42-18-6-4-7-19-42/h1,4-36H,2H3/b38-30+,39-31+. The Morgan fingerprint density at radius 1 is 0.525 bits per heavy atom. The lowest BCUT2D eigenvalue weighted by Gasteiger charge is -2.44. The third-order valence-corrected chi connectivity index (χ3v) is 12.2. The Balaban J connectivity index is 1.18. The third kappa shape index (κ3) is 5.71. The van der Waals surface area contributed by atoms with Crippen LogP contribution in [0.25, 0.3) is 44.2 Å². The van der Waals surface area contributed by atoms with Gasteiger partial charge in [-0.2, -0.15) is 5.26 Å². The maximum absolute atomic E-state index is 9.44. The zero-order valence-corrected chi connectivity index (χ0v) is 33.5. The number of nitrogens with zero attached hydrogens (tertiary/aromatic N) is 4. The van der Waals surface area contributed by atoms with Gasteiger partial charge in [-0.3, -0.25) is 0 Å². The van der Waals surface area contributed by atoms with Gasteiger partial charge in [0.25, 0.3) is 6.71 Å². The van der Waals surface area contributed by atoms with E-state index in [1.165, 1.54) is 39.1 Å². The van der Waals surface area contributed by atoms with E-state index >= 15 is 0 Å². The summed E-state index contributed by atoms with van der Waals surface area (Å²) in [5.41, 5.74) is 18.5. The summed E-state index contributed by atoms with van der Waals surface area (Å²) in [4.78, 5) is 4.91. The van der Waals surface area contributed by atoms with Crippen molar-refractivity contribution in [2.45, 2.75) is 6.92 Å². The molecule has 0 atom stereocenters. The molecule has 0 unspecified atom stereocenters. The van der Waals surface area contributed by atoms with E-state index in [1.807, 2.05) is 12.1 Å². The lowest BCUT2D eigenvalue weighted by molar-refractivity contribution is 1.17. The van der Waals surface area contributed by atoms with Gasteiger partial charge in [-0.1, -0.05) is 121 Å². The summed E-state index contributed by atoms with van der Waals surface area (Å²) < 4.78 is 2.32. The molecule has 8 aromatic carbocycles. The average Bonchev–Trinajstić information content (AvgIpc) is 3.65. The number of terminal acetylenes is 1. The molecule has 4 nitrogen and oxygen atoms in total. The molecule has 0 amide bonds. The van der Waals surface area contributed by atoms with E-state index < -0.39 is 0 Å². The topological polar surface area (TPSA) is 35.2 Å². The van der Waals surface area contributed by atoms with E-state index in [9.17, 15) is 5.26 Å². The van der Waals surface area contributed by atoms with Gasteiger partial charge < -0.3 is 14.4 Å². The number of allylic oxidation sites excluding steroid dienone is 4. The summed E-state index contributed by atoms with van der Waals surface area (Å²) in [6.45, 7) is 1.83. The fraction of sp³-hybridized carbons (Fsp3) is 0.0179. The van der Waals surface area contributed by atoms with Gasteiger partial charge in [0.2, 0.25) is 0 Å². The first-order valence-electron chi connectivity index (χ1n) is 20.6. The van der Waals surface area contributed by atoms with Crippen molar-refractivity contribution >= 4 is 84.6 Å². The minimum atomic E-state index is 0.0492. The Kier molecular flexibility index (Phi) is 8.55. The number of benzene rings is 8. The number of hydrogen-bond donors (Lipinski definition) is 0. The Hall–Kier alpha value is -8.25. The van der Waals surface area contributed by atoms with Crippen LogP contribution in [0, 0.1) is 23.7 Å². The van der Waals surface area contributed by atoms with Crippen LogP contribution in [-0.2, 0) is 0 Å². The molecule has 3 heterocycles. The van der Waals surface area contributed by atoms with Gasteiger partial charge in [0.1, 0.15) is 0 Å². The molecule has 0 fully saturated rings. The molecular weight excluding hydrogens is 739 g/mol. The summed E-state index contributed by atoms with van der Waals surface area (Å²) in [5, 5.41) is 11.7. The zero-order chi connectivity index (χ0) is 41.0. The van der Waals surface area contributed by atoms with Gasteiger partial charge in [0.15, 0.2) is 0 Å². The van der Waals surface area contributed by atoms with Crippen molar-refractivity contribution in [3.05, 3.63) is 211 Å². The van der Waals surface area contributed by atoms with Gasteiger partial charge in [-0.05, 0) is 119 Å². The number of rotatable bonds is 6. The molecule has 0 saturated carbocycles. The maximum Gasteiger partial charge on any atom is 0.252 e. The fourth-order valence-electron chi connectivity index (χ4n) is 9.54.